The Morgan fingerprint density at radius 1 is 1.25 bits per heavy atom. The van der Waals surface area contributed by atoms with Crippen molar-refractivity contribution in [2.24, 2.45) is 0 Å². The van der Waals surface area contributed by atoms with Crippen molar-refractivity contribution >= 4 is 11.8 Å². The fourth-order valence-electron chi connectivity index (χ4n) is 1.52. The lowest BCUT2D eigenvalue weighted by atomic mass is 10.1. The van der Waals surface area contributed by atoms with Crippen LogP contribution in [-0.2, 0) is 9.59 Å². The van der Waals surface area contributed by atoms with E-state index in [9.17, 15) is 9.59 Å². The van der Waals surface area contributed by atoms with Gasteiger partial charge in [-0.05, 0) is 33.4 Å². The molecule has 0 spiro atoms. The summed E-state index contributed by atoms with van der Waals surface area (Å²) in [5, 5.41) is 5.39. The molecule has 0 bridgehead atoms. The van der Waals surface area contributed by atoms with Crippen molar-refractivity contribution in [1.29, 1.82) is 0 Å². The summed E-state index contributed by atoms with van der Waals surface area (Å²) in [6.45, 7) is 2.19. The van der Waals surface area contributed by atoms with Crippen LogP contribution in [0.4, 0.5) is 0 Å². The Bertz CT molecular complexity index is 229. The van der Waals surface area contributed by atoms with E-state index in [1.165, 1.54) is 6.92 Å². The fourth-order valence-corrected chi connectivity index (χ4v) is 1.52. The molecule has 94 valence electrons. The van der Waals surface area contributed by atoms with E-state index in [1.807, 2.05) is 19.0 Å². The van der Waals surface area contributed by atoms with Gasteiger partial charge in [-0.15, -0.1) is 0 Å². The number of rotatable bonds is 7. The molecule has 0 aliphatic carbocycles. The smallest absolute Gasteiger partial charge is 0.237 e. The second kappa shape index (κ2) is 8.10. The normalized spacial score (nSPS) is 12.3. The Kier molecular flexibility index (Phi) is 7.54. The molecule has 0 aliphatic heterocycles. The van der Waals surface area contributed by atoms with Crippen LogP contribution in [0.3, 0.4) is 0 Å². The lowest BCUT2D eigenvalue weighted by Crippen LogP contribution is -2.42. The number of amides is 2. The molecule has 5 nitrogen and oxygen atoms in total. The molecule has 5 heteroatoms. The number of unbranched alkanes of at least 4 members (excludes halogenated alkanes) is 1. The van der Waals surface area contributed by atoms with Gasteiger partial charge in [0.1, 0.15) is 0 Å². The van der Waals surface area contributed by atoms with E-state index >= 15 is 0 Å². The lowest BCUT2D eigenvalue weighted by Gasteiger charge is -2.22. The number of likely N-dealkylation sites (N-methyl/N-ethyl adjacent to an activating group) is 2. The number of carbonyl (C=O) groups is 2. The maximum absolute atomic E-state index is 11.5. The van der Waals surface area contributed by atoms with Gasteiger partial charge in [0, 0.05) is 20.5 Å². The van der Waals surface area contributed by atoms with Gasteiger partial charge in [-0.2, -0.15) is 0 Å². The Hall–Kier alpha value is -1.10. The Morgan fingerprint density at radius 2 is 1.88 bits per heavy atom. The van der Waals surface area contributed by atoms with E-state index in [2.05, 4.69) is 10.6 Å². The molecule has 0 rings (SSSR count). The summed E-state index contributed by atoms with van der Waals surface area (Å²) in [5.74, 6) is 0.0417. The van der Waals surface area contributed by atoms with Crippen LogP contribution >= 0.6 is 0 Å². The van der Waals surface area contributed by atoms with Crippen LogP contribution in [0.5, 0.6) is 0 Å². The van der Waals surface area contributed by atoms with Gasteiger partial charge in [-0.25, -0.2) is 0 Å². The Balaban J connectivity index is 3.77. The average molecular weight is 232 g/mol. The lowest BCUT2D eigenvalue weighted by molar-refractivity contribution is -0.125. The van der Waals surface area contributed by atoms with Crippen LogP contribution in [0.2, 0.25) is 0 Å². The molecule has 2 N–H and O–H groups in total. The summed E-state index contributed by atoms with van der Waals surface area (Å²) in [5.41, 5.74) is 0. The third-order valence-electron chi connectivity index (χ3n) is 2.45. The van der Waals surface area contributed by atoms with E-state index in [0.717, 1.165) is 19.3 Å². The van der Waals surface area contributed by atoms with Gasteiger partial charge in [0.05, 0.1) is 6.04 Å². The topological polar surface area (TPSA) is 61.4 Å². The first-order chi connectivity index (χ1) is 7.49. The average Bonchev–Trinajstić information content (AvgIpc) is 2.21. The molecule has 0 heterocycles. The van der Waals surface area contributed by atoms with E-state index < -0.39 is 0 Å². The van der Waals surface area contributed by atoms with Gasteiger partial charge >= 0.3 is 0 Å². The minimum Gasteiger partial charge on any atom is -0.358 e. The Labute approximate surface area is 97.6 Å². The quantitative estimate of drug-likeness (QED) is 0.368. The van der Waals surface area contributed by atoms with Gasteiger partial charge in [0.15, 0.2) is 0 Å². The summed E-state index contributed by atoms with van der Waals surface area (Å²) in [6, 6.07) is -0.0812. The molecule has 0 radical (unpaired) electrons. The van der Waals surface area contributed by atoms with Crippen LogP contribution in [-0.4, -0.2) is 50.4 Å². The summed E-state index contributed by atoms with van der Waals surface area (Å²) < 4.78 is 0. The minimum atomic E-state index is -0.0812. The highest BCUT2D eigenvalue weighted by molar-refractivity contribution is 5.81. The van der Waals surface area contributed by atoms with Crippen molar-refractivity contribution in [2.45, 2.75) is 32.2 Å². The van der Waals surface area contributed by atoms with Gasteiger partial charge in [0.2, 0.25) is 11.8 Å². The molecular formula is C11H23N3O2. The van der Waals surface area contributed by atoms with Gasteiger partial charge in [-0.3, -0.25) is 14.5 Å². The molecule has 0 saturated carbocycles. The molecule has 0 fully saturated rings. The minimum absolute atomic E-state index is 0.00420. The Morgan fingerprint density at radius 3 is 2.31 bits per heavy atom. The summed E-state index contributed by atoms with van der Waals surface area (Å²) in [4.78, 5) is 24.0. The highest BCUT2D eigenvalue weighted by atomic mass is 16.2. The van der Waals surface area contributed by atoms with Crippen molar-refractivity contribution in [3.05, 3.63) is 0 Å². The summed E-state index contributed by atoms with van der Waals surface area (Å²) >= 11 is 0. The van der Waals surface area contributed by atoms with Crippen LogP contribution in [0.15, 0.2) is 0 Å². The monoisotopic (exact) mass is 232 g/mol. The summed E-state index contributed by atoms with van der Waals surface area (Å²) in [6.07, 6.45) is 2.64. The maximum atomic E-state index is 11.5. The molecule has 1 unspecified atom stereocenters. The predicted molar refractivity (Wildman–Crippen MR) is 64.1 cm³/mol. The molecule has 1 atom stereocenters. The molecule has 0 aliphatic rings. The van der Waals surface area contributed by atoms with Crippen LogP contribution in [0.1, 0.15) is 26.2 Å². The molecule has 0 saturated heterocycles. The maximum Gasteiger partial charge on any atom is 0.237 e. The first kappa shape index (κ1) is 14.9. The first-order valence-corrected chi connectivity index (χ1v) is 5.61. The molecule has 0 aromatic heterocycles. The van der Waals surface area contributed by atoms with E-state index in [1.54, 1.807) is 7.05 Å². The van der Waals surface area contributed by atoms with E-state index in [0.29, 0.717) is 6.54 Å². The highest BCUT2D eigenvalue weighted by Gasteiger charge is 2.18. The number of carbonyl (C=O) groups excluding carboxylic acids is 2. The summed E-state index contributed by atoms with van der Waals surface area (Å²) in [7, 11) is 5.44. The number of nitrogens with zero attached hydrogens (tertiary/aromatic N) is 1. The first-order valence-electron chi connectivity index (χ1n) is 5.61. The number of nitrogens with one attached hydrogen (secondary N) is 2. The van der Waals surface area contributed by atoms with Gasteiger partial charge < -0.3 is 10.6 Å². The van der Waals surface area contributed by atoms with Crippen LogP contribution in [0, 0.1) is 0 Å². The van der Waals surface area contributed by atoms with Crippen molar-refractivity contribution in [3.8, 4) is 0 Å². The zero-order chi connectivity index (χ0) is 12.6. The fraction of sp³-hybridized carbons (Fsp3) is 0.818. The molecule has 2 amide bonds. The van der Waals surface area contributed by atoms with Crippen molar-refractivity contribution in [1.82, 2.24) is 15.5 Å². The van der Waals surface area contributed by atoms with Crippen molar-refractivity contribution < 1.29 is 9.59 Å². The van der Waals surface area contributed by atoms with E-state index in [4.69, 9.17) is 0 Å². The van der Waals surface area contributed by atoms with Crippen LogP contribution in [0.25, 0.3) is 0 Å². The second-order valence-electron chi connectivity index (χ2n) is 4.07. The third kappa shape index (κ3) is 6.40. The largest absolute Gasteiger partial charge is 0.358 e. The van der Waals surface area contributed by atoms with Gasteiger partial charge in [0.25, 0.3) is 0 Å². The van der Waals surface area contributed by atoms with E-state index in [-0.39, 0.29) is 17.9 Å². The second-order valence-corrected chi connectivity index (χ2v) is 4.07. The zero-order valence-electron chi connectivity index (χ0n) is 10.7. The van der Waals surface area contributed by atoms with Crippen molar-refractivity contribution in [3.63, 3.8) is 0 Å². The standard InChI is InChI=1S/C11H23N3O2/c1-9(15)13-8-6-5-7-10(14(3)4)11(16)12-2/h10H,5-8H2,1-4H3,(H,12,16)(H,13,15)/i2+1,9+1,13+1. The third-order valence-corrected chi connectivity index (χ3v) is 2.45. The molecule has 0 aromatic carbocycles. The van der Waals surface area contributed by atoms with Crippen LogP contribution < -0.4 is 10.6 Å². The molecule has 0 aromatic rings. The zero-order valence-corrected chi connectivity index (χ0v) is 10.7. The number of hydrogen-bond donors (Lipinski definition) is 2. The highest BCUT2D eigenvalue weighted by Crippen LogP contribution is 2.05. The molecular weight excluding hydrogens is 209 g/mol. The van der Waals surface area contributed by atoms with Gasteiger partial charge in [-0.1, -0.05) is 0 Å². The number of hydrogen-bond acceptors (Lipinski definition) is 3. The van der Waals surface area contributed by atoms with Crippen molar-refractivity contribution in [2.75, 3.05) is 27.7 Å². The molecule has 16 heavy (non-hydrogen) atoms. The SMILES string of the molecule is C[13C](=O)[15NH]CCCCC(C(=O)N[13CH3])N(C)C. The predicted octanol–water partition coefficient (Wildman–Crippen LogP) is -0.0310.